The van der Waals surface area contributed by atoms with Gasteiger partial charge < -0.3 is 0 Å². The molecule has 0 N–H and O–H groups in total. The van der Waals surface area contributed by atoms with Crippen molar-refractivity contribution in [2.75, 3.05) is 0 Å². The first-order valence-corrected chi connectivity index (χ1v) is 13.9. The maximum absolute atomic E-state index is 14.3. The summed E-state index contributed by atoms with van der Waals surface area (Å²) in [6.07, 6.45) is 6.77. The van der Waals surface area contributed by atoms with Crippen molar-refractivity contribution in [1.29, 1.82) is 0 Å². The van der Waals surface area contributed by atoms with Gasteiger partial charge in [0.05, 0.1) is 25.3 Å². The van der Waals surface area contributed by atoms with Gasteiger partial charge in [0.1, 0.15) is 0 Å². The van der Waals surface area contributed by atoms with Gasteiger partial charge in [0.2, 0.25) is 0 Å². The minimum atomic E-state index is -2.61. The Labute approximate surface area is 200 Å². The molecule has 1 fully saturated rings. The van der Waals surface area contributed by atoms with E-state index in [0.29, 0.717) is 5.82 Å². The molecule has 2 aromatic carbocycles. The molecule has 1 aliphatic carbocycles. The zero-order chi connectivity index (χ0) is 22.7. The summed E-state index contributed by atoms with van der Waals surface area (Å²) in [5.74, 6) is 0.527. The van der Waals surface area contributed by atoms with E-state index >= 15 is 0 Å². The van der Waals surface area contributed by atoms with Gasteiger partial charge in [-0.15, -0.1) is 11.3 Å². The standard InChI is InChI=1S/C27H27N3OS2/c1-2-25-29-26(20-11-5-3-6-12-20)27(32-25)21-17-18-28-24(19-21)30-33(31,23-15-9-10-16-23)22-13-7-4-8-14-22/h3-8,11-14,17-19,23H,2,9-10,15-16H2,1H3. The van der Waals surface area contributed by atoms with Crippen LogP contribution in [-0.2, 0) is 16.1 Å². The van der Waals surface area contributed by atoms with Gasteiger partial charge in [-0.1, -0.05) is 68.3 Å². The summed E-state index contributed by atoms with van der Waals surface area (Å²) in [4.78, 5) is 11.3. The number of hydrogen-bond donors (Lipinski definition) is 0. The summed E-state index contributed by atoms with van der Waals surface area (Å²) in [5.41, 5.74) is 3.09. The van der Waals surface area contributed by atoms with E-state index in [-0.39, 0.29) is 5.25 Å². The predicted octanol–water partition coefficient (Wildman–Crippen LogP) is 7.54. The Morgan fingerprint density at radius 1 is 0.970 bits per heavy atom. The first kappa shape index (κ1) is 22.0. The highest BCUT2D eigenvalue weighted by Gasteiger charge is 2.29. The fourth-order valence-electron chi connectivity index (χ4n) is 4.39. The zero-order valence-corrected chi connectivity index (χ0v) is 20.3. The highest BCUT2D eigenvalue weighted by molar-refractivity contribution is 7.94. The van der Waals surface area contributed by atoms with Crippen LogP contribution in [0.2, 0.25) is 0 Å². The quantitative estimate of drug-likeness (QED) is 0.291. The smallest absolute Gasteiger partial charge is 0.162 e. The second kappa shape index (κ2) is 9.57. The third-order valence-electron chi connectivity index (χ3n) is 6.09. The number of nitrogens with zero attached hydrogens (tertiary/aromatic N) is 3. The van der Waals surface area contributed by atoms with Gasteiger partial charge in [0.25, 0.3) is 0 Å². The van der Waals surface area contributed by atoms with E-state index < -0.39 is 9.73 Å². The number of pyridine rings is 1. The van der Waals surface area contributed by atoms with Gasteiger partial charge >= 0.3 is 0 Å². The SMILES string of the molecule is CCc1nc(-c2ccccc2)c(-c2ccnc(N=S(=O)(c3ccccc3)C3CCCC3)c2)s1. The molecular weight excluding hydrogens is 446 g/mol. The molecule has 0 saturated heterocycles. The van der Waals surface area contributed by atoms with Crippen LogP contribution in [0.1, 0.15) is 37.6 Å². The number of hydrogen-bond acceptors (Lipinski definition) is 5. The van der Waals surface area contributed by atoms with Crippen molar-refractivity contribution in [2.24, 2.45) is 4.36 Å². The summed E-state index contributed by atoms with van der Waals surface area (Å²) in [6, 6.07) is 24.0. The van der Waals surface area contributed by atoms with E-state index in [9.17, 15) is 4.21 Å². The average molecular weight is 474 g/mol. The molecular formula is C27H27N3OS2. The van der Waals surface area contributed by atoms with Crippen molar-refractivity contribution in [2.45, 2.75) is 49.2 Å². The Balaban J connectivity index is 1.62. The van der Waals surface area contributed by atoms with E-state index in [1.165, 1.54) is 0 Å². The lowest BCUT2D eigenvalue weighted by atomic mass is 10.1. The lowest BCUT2D eigenvalue weighted by Gasteiger charge is -2.17. The Kier molecular flexibility index (Phi) is 6.38. The Morgan fingerprint density at radius 3 is 2.36 bits per heavy atom. The molecule has 0 spiro atoms. The number of benzene rings is 2. The lowest BCUT2D eigenvalue weighted by molar-refractivity contribution is 0.661. The van der Waals surface area contributed by atoms with Crippen LogP contribution in [0.15, 0.2) is 88.3 Å². The number of aryl methyl sites for hydroxylation is 1. The maximum atomic E-state index is 14.3. The Hall–Kier alpha value is -2.83. The number of aromatic nitrogens is 2. The Morgan fingerprint density at radius 2 is 1.67 bits per heavy atom. The average Bonchev–Trinajstić information content (AvgIpc) is 3.56. The highest BCUT2D eigenvalue weighted by atomic mass is 32.2. The molecule has 0 amide bonds. The largest absolute Gasteiger partial charge is 0.244 e. The van der Waals surface area contributed by atoms with Crippen LogP contribution in [-0.4, -0.2) is 19.4 Å². The molecule has 4 nitrogen and oxygen atoms in total. The van der Waals surface area contributed by atoms with Crippen LogP contribution in [0.25, 0.3) is 21.7 Å². The van der Waals surface area contributed by atoms with Crippen LogP contribution in [0.4, 0.5) is 5.82 Å². The van der Waals surface area contributed by atoms with E-state index in [0.717, 1.165) is 63.7 Å². The summed E-state index contributed by atoms with van der Waals surface area (Å²) in [6.45, 7) is 2.13. The third-order valence-corrected chi connectivity index (χ3v) is 10.1. The predicted molar refractivity (Wildman–Crippen MR) is 137 cm³/mol. The molecule has 0 aliphatic heterocycles. The molecule has 4 aromatic rings. The van der Waals surface area contributed by atoms with Gasteiger partial charge in [-0.05, 0) is 49.1 Å². The van der Waals surface area contributed by atoms with Crippen molar-refractivity contribution in [1.82, 2.24) is 9.97 Å². The highest BCUT2D eigenvalue weighted by Crippen LogP contribution is 2.39. The normalized spacial score (nSPS) is 15.9. The second-order valence-corrected chi connectivity index (χ2v) is 11.8. The minimum absolute atomic E-state index is 0.0698. The van der Waals surface area contributed by atoms with Gasteiger partial charge in [0.15, 0.2) is 5.82 Å². The second-order valence-electron chi connectivity index (χ2n) is 8.29. The number of rotatable bonds is 6. The van der Waals surface area contributed by atoms with Gasteiger partial charge in [-0.2, -0.15) is 4.36 Å². The van der Waals surface area contributed by atoms with Crippen LogP contribution in [0.3, 0.4) is 0 Å². The third kappa shape index (κ3) is 4.50. The van der Waals surface area contributed by atoms with Gasteiger partial charge in [0, 0.05) is 21.9 Å². The monoisotopic (exact) mass is 473 g/mol. The van der Waals surface area contributed by atoms with Crippen molar-refractivity contribution in [3.05, 3.63) is 84.0 Å². The molecule has 2 heterocycles. The molecule has 5 rings (SSSR count). The van der Waals surface area contributed by atoms with Crippen molar-refractivity contribution in [3.8, 4) is 21.7 Å². The van der Waals surface area contributed by atoms with Crippen LogP contribution in [0.5, 0.6) is 0 Å². The summed E-state index contributed by atoms with van der Waals surface area (Å²) < 4.78 is 19.2. The molecule has 1 aliphatic rings. The molecule has 0 bridgehead atoms. The molecule has 6 heteroatoms. The minimum Gasteiger partial charge on any atom is -0.244 e. The van der Waals surface area contributed by atoms with Crippen LogP contribution in [0, 0.1) is 0 Å². The fraction of sp³-hybridized carbons (Fsp3) is 0.259. The fourth-order valence-corrected chi connectivity index (χ4v) is 7.95. The van der Waals surface area contributed by atoms with E-state index in [1.807, 2.05) is 60.7 Å². The molecule has 1 unspecified atom stereocenters. The maximum Gasteiger partial charge on any atom is 0.162 e. The van der Waals surface area contributed by atoms with Gasteiger partial charge in [-0.25, -0.2) is 14.2 Å². The molecule has 2 aromatic heterocycles. The molecule has 168 valence electrons. The number of thiazole rings is 1. The van der Waals surface area contributed by atoms with E-state index in [1.54, 1.807) is 17.5 Å². The lowest BCUT2D eigenvalue weighted by Crippen LogP contribution is -2.17. The molecule has 1 atom stereocenters. The van der Waals surface area contributed by atoms with E-state index in [2.05, 4.69) is 24.0 Å². The summed E-state index contributed by atoms with van der Waals surface area (Å²) >= 11 is 1.70. The summed E-state index contributed by atoms with van der Waals surface area (Å²) in [5, 5.41) is 1.17. The van der Waals surface area contributed by atoms with Crippen molar-refractivity contribution >= 4 is 26.9 Å². The van der Waals surface area contributed by atoms with Gasteiger partial charge in [-0.3, -0.25) is 0 Å². The molecule has 1 saturated carbocycles. The topological polar surface area (TPSA) is 55.2 Å². The van der Waals surface area contributed by atoms with Crippen molar-refractivity contribution < 1.29 is 4.21 Å². The first-order chi connectivity index (χ1) is 16.2. The first-order valence-electron chi connectivity index (χ1n) is 11.5. The van der Waals surface area contributed by atoms with Crippen LogP contribution < -0.4 is 0 Å². The molecule has 0 radical (unpaired) electrons. The summed E-state index contributed by atoms with van der Waals surface area (Å²) in [7, 11) is -2.61. The van der Waals surface area contributed by atoms with Crippen LogP contribution >= 0.6 is 11.3 Å². The van der Waals surface area contributed by atoms with E-state index in [4.69, 9.17) is 9.35 Å². The van der Waals surface area contributed by atoms with Crippen molar-refractivity contribution in [3.63, 3.8) is 0 Å². The molecule has 33 heavy (non-hydrogen) atoms. The zero-order valence-electron chi connectivity index (χ0n) is 18.7. The Bertz CT molecular complexity index is 1350.